The van der Waals surface area contributed by atoms with Gasteiger partial charge in [-0.25, -0.2) is 15.0 Å². The van der Waals surface area contributed by atoms with Gasteiger partial charge in [-0.1, -0.05) is 33.8 Å². The number of aliphatic imine (C=N–C) groups is 2. The second-order valence-electron chi connectivity index (χ2n) is 7.84. The van der Waals surface area contributed by atoms with Crippen LogP contribution < -0.4 is 37.2 Å². The monoisotopic (exact) mass is 576 g/mol. The first kappa shape index (κ1) is 30.5. The molecule has 3 heterocycles. The molecule has 1 aromatic rings. The molecule has 1 aromatic heterocycles. The first-order chi connectivity index (χ1) is 11.2. The molecule has 0 saturated carbocycles. The van der Waals surface area contributed by atoms with E-state index in [-0.39, 0.29) is 89.1 Å². The molecule has 5 nitrogen and oxygen atoms in total. The van der Waals surface area contributed by atoms with Crippen LogP contribution in [0.15, 0.2) is 28.2 Å². The molecule has 0 bridgehead atoms. The zero-order valence-electron chi connectivity index (χ0n) is 17.1. The Morgan fingerprint density at radius 1 is 0.786 bits per heavy atom. The third-order valence-corrected chi connectivity index (χ3v) is 5.39. The van der Waals surface area contributed by atoms with Gasteiger partial charge < -0.3 is 46.7 Å². The summed E-state index contributed by atoms with van der Waals surface area (Å²) in [5.41, 5.74) is 1.09. The van der Waals surface area contributed by atoms with Gasteiger partial charge in [-0.2, -0.15) is 0 Å². The molecule has 3 rings (SSSR count). The standard InChI is InChI=1S/C19H27N3O2.3ClH.Nd/c1-12(2)18(5)10-23-16(21-18)14-8-7-9-15(20-14)17-22-19(6,11-24-17)13(3)4;;;;/h7-9,12-13H,10-11H2,1-6H3;3*1H;/q;;;;+3/p-3/t18-,19-;;;;/m0..../s1. The fraction of sp³-hybridized carbons (Fsp3) is 0.632. The van der Waals surface area contributed by atoms with Gasteiger partial charge in [0.1, 0.15) is 24.6 Å². The summed E-state index contributed by atoms with van der Waals surface area (Å²) in [5, 5.41) is 0. The van der Waals surface area contributed by atoms with Crippen LogP contribution >= 0.6 is 0 Å². The molecule has 0 spiro atoms. The van der Waals surface area contributed by atoms with Crippen molar-refractivity contribution in [3.8, 4) is 0 Å². The Morgan fingerprint density at radius 3 is 1.43 bits per heavy atom. The molecular formula is C19H27Cl3N3NdO2. The van der Waals surface area contributed by atoms with Crippen molar-refractivity contribution in [2.75, 3.05) is 13.2 Å². The summed E-state index contributed by atoms with van der Waals surface area (Å²) in [6.07, 6.45) is 0. The Labute approximate surface area is 219 Å². The average Bonchev–Trinajstić information content (AvgIpc) is 3.13. The van der Waals surface area contributed by atoms with E-state index in [2.05, 4.69) is 46.5 Å². The molecular weight excluding hydrogens is 553 g/mol. The molecule has 0 unspecified atom stereocenters. The Morgan fingerprint density at radius 2 is 1.14 bits per heavy atom. The second kappa shape index (κ2) is 11.6. The van der Waals surface area contributed by atoms with Crippen molar-refractivity contribution >= 4 is 11.8 Å². The van der Waals surface area contributed by atoms with Gasteiger partial charge in [-0.3, -0.25) is 0 Å². The van der Waals surface area contributed by atoms with Crippen LogP contribution in [0.25, 0.3) is 0 Å². The van der Waals surface area contributed by atoms with E-state index in [9.17, 15) is 0 Å². The smallest absolute Gasteiger partial charge is 1.00 e. The number of pyridine rings is 1. The van der Waals surface area contributed by atoms with Gasteiger partial charge in [0.15, 0.2) is 0 Å². The van der Waals surface area contributed by atoms with Crippen molar-refractivity contribution in [2.24, 2.45) is 21.8 Å². The number of nitrogens with zero attached hydrogens (tertiary/aromatic N) is 3. The summed E-state index contributed by atoms with van der Waals surface area (Å²) < 4.78 is 11.6. The maximum absolute atomic E-state index is 5.82. The molecule has 9 heteroatoms. The summed E-state index contributed by atoms with van der Waals surface area (Å²) in [4.78, 5) is 14.2. The summed E-state index contributed by atoms with van der Waals surface area (Å²) >= 11 is 0. The molecule has 0 fully saturated rings. The van der Waals surface area contributed by atoms with Crippen LogP contribution in [0.1, 0.15) is 52.9 Å². The number of aromatic nitrogens is 1. The van der Waals surface area contributed by atoms with Crippen LogP contribution in [-0.2, 0) is 9.47 Å². The molecule has 155 valence electrons. The van der Waals surface area contributed by atoms with E-state index >= 15 is 0 Å². The Balaban J connectivity index is 0. The molecule has 2 atom stereocenters. The molecule has 0 aromatic carbocycles. The van der Waals surface area contributed by atoms with Crippen LogP contribution in [0.5, 0.6) is 0 Å². The Kier molecular flexibility index (Phi) is 12.7. The molecule has 2 aliphatic heterocycles. The van der Waals surface area contributed by atoms with Crippen molar-refractivity contribution in [3.05, 3.63) is 29.6 Å². The number of hydrogen-bond donors (Lipinski definition) is 0. The molecule has 28 heavy (non-hydrogen) atoms. The predicted molar refractivity (Wildman–Crippen MR) is 95.7 cm³/mol. The van der Waals surface area contributed by atoms with Crippen LogP contribution in [-0.4, -0.2) is 41.1 Å². The Hall–Kier alpha value is 0.311. The van der Waals surface area contributed by atoms with Crippen molar-refractivity contribution in [1.29, 1.82) is 0 Å². The van der Waals surface area contributed by atoms with E-state index in [0.29, 0.717) is 36.8 Å². The largest absolute Gasteiger partial charge is 3.00 e. The maximum atomic E-state index is 5.82. The van der Waals surface area contributed by atoms with Gasteiger partial charge in [-0.05, 0) is 37.8 Å². The fourth-order valence-electron chi connectivity index (χ4n) is 2.55. The van der Waals surface area contributed by atoms with E-state index in [1.165, 1.54) is 0 Å². The SMILES string of the molecule is CC(C)[C@]1(C)COC(c2cccc(C3=N[C@](C)(C(C)C)CO3)n2)=N1.[Cl-].[Cl-].[Cl-].[Nd+3]. The quantitative estimate of drug-likeness (QED) is 0.358. The molecule has 1 radical (unpaired) electrons. The van der Waals surface area contributed by atoms with Gasteiger partial charge in [0.05, 0.1) is 11.1 Å². The number of ether oxygens (including phenoxy) is 2. The minimum Gasteiger partial charge on any atom is -1.00 e. The first-order valence-electron chi connectivity index (χ1n) is 8.67. The van der Waals surface area contributed by atoms with Gasteiger partial charge in [0, 0.05) is 0 Å². The van der Waals surface area contributed by atoms with Crippen molar-refractivity contribution in [2.45, 2.75) is 52.6 Å². The van der Waals surface area contributed by atoms with E-state index in [4.69, 9.17) is 19.5 Å². The normalized spacial score (nSPS) is 25.3. The van der Waals surface area contributed by atoms with Crippen molar-refractivity contribution in [3.63, 3.8) is 0 Å². The molecule has 0 N–H and O–H groups in total. The van der Waals surface area contributed by atoms with E-state index in [1.807, 2.05) is 18.2 Å². The summed E-state index contributed by atoms with van der Waals surface area (Å²) in [6.45, 7) is 14.1. The minimum atomic E-state index is -0.190. The fourth-order valence-corrected chi connectivity index (χ4v) is 2.55. The summed E-state index contributed by atoms with van der Waals surface area (Å²) in [5.74, 6) is 2.04. The van der Waals surface area contributed by atoms with E-state index < -0.39 is 0 Å². The first-order valence-corrected chi connectivity index (χ1v) is 8.67. The minimum absolute atomic E-state index is 0. The average molecular weight is 580 g/mol. The maximum Gasteiger partial charge on any atom is 3.00 e. The number of hydrogen-bond acceptors (Lipinski definition) is 5. The van der Waals surface area contributed by atoms with Gasteiger partial charge in [0.25, 0.3) is 0 Å². The summed E-state index contributed by atoms with van der Waals surface area (Å²) in [7, 11) is 0. The van der Waals surface area contributed by atoms with Crippen molar-refractivity contribution < 1.29 is 87.5 Å². The van der Waals surface area contributed by atoms with Gasteiger partial charge in [0.2, 0.25) is 11.8 Å². The van der Waals surface area contributed by atoms with Gasteiger partial charge in [-0.15, -0.1) is 0 Å². The molecule has 0 saturated heterocycles. The zero-order chi connectivity index (χ0) is 17.5. The molecule has 0 amide bonds. The number of rotatable bonds is 4. The van der Waals surface area contributed by atoms with Crippen LogP contribution in [0.3, 0.4) is 0 Å². The predicted octanol–water partition coefficient (Wildman–Crippen LogP) is -5.52. The topological polar surface area (TPSA) is 56.1 Å². The zero-order valence-corrected chi connectivity index (χ0v) is 22.6. The molecule has 0 aliphatic carbocycles. The van der Waals surface area contributed by atoms with Crippen LogP contribution in [0.4, 0.5) is 0 Å². The summed E-state index contributed by atoms with van der Waals surface area (Å²) in [6, 6.07) is 5.79. The molecule has 2 aliphatic rings. The van der Waals surface area contributed by atoms with Crippen LogP contribution in [0.2, 0.25) is 0 Å². The van der Waals surface area contributed by atoms with E-state index in [1.54, 1.807) is 0 Å². The number of halogens is 3. The van der Waals surface area contributed by atoms with Gasteiger partial charge >= 0.3 is 40.8 Å². The van der Waals surface area contributed by atoms with E-state index in [0.717, 1.165) is 11.4 Å². The van der Waals surface area contributed by atoms with Crippen molar-refractivity contribution in [1.82, 2.24) is 4.98 Å². The second-order valence-corrected chi connectivity index (χ2v) is 7.84. The third kappa shape index (κ3) is 6.16. The van der Waals surface area contributed by atoms with Crippen LogP contribution in [0, 0.1) is 52.7 Å². The Bertz CT molecular complexity index is 660. The third-order valence-electron chi connectivity index (χ3n) is 5.39.